The van der Waals surface area contributed by atoms with Crippen molar-refractivity contribution in [1.29, 1.82) is 0 Å². The first-order valence-corrected chi connectivity index (χ1v) is 6.87. The van der Waals surface area contributed by atoms with Gasteiger partial charge in [0.05, 0.1) is 11.7 Å². The van der Waals surface area contributed by atoms with Crippen molar-refractivity contribution in [2.45, 2.75) is 40.2 Å². The fraction of sp³-hybridized carbons (Fsp3) is 0.500. The Labute approximate surface area is 119 Å². The molecule has 0 radical (unpaired) electrons. The van der Waals surface area contributed by atoms with Crippen LogP contribution in [0.15, 0.2) is 16.9 Å². The summed E-state index contributed by atoms with van der Waals surface area (Å²) in [7, 11) is 0. The van der Waals surface area contributed by atoms with Crippen LogP contribution in [0.2, 0.25) is 0 Å². The second kappa shape index (κ2) is 6.36. The predicted octanol–water partition coefficient (Wildman–Crippen LogP) is 3.08. The standard InChI is InChI=1S/C14H21N5O/c1-5-6-15-12-7-13(17-8-16-12)18-9(2)14-10(3)19-20-11(14)4/h7-9H,5-6H2,1-4H3,(H2,15,16,17,18). The second-order valence-corrected chi connectivity index (χ2v) is 4.82. The summed E-state index contributed by atoms with van der Waals surface area (Å²) in [6, 6.07) is 1.99. The maximum Gasteiger partial charge on any atom is 0.139 e. The van der Waals surface area contributed by atoms with Crippen molar-refractivity contribution in [2.75, 3.05) is 17.2 Å². The zero-order valence-electron chi connectivity index (χ0n) is 12.4. The Morgan fingerprint density at radius 1 is 1.25 bits per heavy atom. The molecule has 108 valence electrons. The second-order valence-electron chi connectivity index (χ2n) is 4.82. The van der Waals surface area contributed by atoms with Crippen molar-refractivity contribution in [2.24, 2.45) is 0 Å². The third-order valence-electron chi connectivity index (χ3n) is 3.11. The van der Waals surface area contributed by atoms with E-state index >= 15 is 0 Å². The Kier molecular flexibility index (Phi) is 4.55. The first kappa shape index (κ1) is 14.3. The fourth-order valence-electron chi connectivity index (χ4n) is 2.19. The molecule has 0 bridgehead atoms. The first-order valence-electron chi connectivity index (χ1n) is 6.87. The normalized spacial score (nSPS) is 12.2. The van der Waals surface area contributed by atoms with E-state index in [2.05, 4.69) is 39.6 Å². The van der Waals surface area contributed by atoms with Gasteiger partial charge < -0.3 is 15.2 Å². The predicted molar refractivity (Wildman–Crippen MR) is 78.8 cm³/mol. The van der Waals surface area contributed by atoms with E-state index in [1.54, 1.807) is 6.33 Å². The van der Waals surface area contributed by atoms with Crippen LogP contribution in [0, 0.1) is 13.8 Å². The molecule has 6 heteroatoms. The minimum Gasteiger partial charge on any atom is -0.370 e. The number of anilines is 2. The van der Waals surface area contributed by atoms with Crippen LogP contribution < -0.4 is 10.6 Å². The van der Waals surface area contributed by atoms with Crippen LogP contribution in [0.5, 0.6) is 0 Å². The Balaban J connectivity index is 2.09. The Morgan fingerprint density at radius 3 is 2.65 bits per heavy atom. The summed E-state index contributed by atoms with van der Waals surface area (Å²) < 4.78 is 5.20. The van der Waals surface area contributed by atoms with E-state index in [1.165, 1.54) is 0 Å². The van der Waals surface area contributed by atoms with Crippen molar-refractivity contribution in [3.05, 3.63) is 29.4 Å². The smallest absolute Gasteiger partial charge is 0.139 e. The number of nitrogens with one attached hydrogen (secondary N) is 2. The molecule has 2 N–H and O–H groups in total. The van der Waals surface area contributed by atoms with Gasteiger partial charge in [-0.3, -0.25) is 0 Å². The van der Waals surface area contributed by atoms with E-state index < -0.39 is 0 Å². The molecule has 0 amide bonds. The molecule has 2 aromatic rings. The Morgan fingerprint density at radius 2 is 2.00 bits per heavy atom. The Bertz CT molecular complexity index is 547. The van der Waals surface area contributed by atoms with Gasteiger partial charge in [0.15, 0.2) is 0 Å². The quantitative estimate of drug-likeness (QED) is 0.843. The van der Waals surface area contributed by atoms with Crippen molar-refractivity contribution in [1.82, 2.24) is 15.1 Å². The average molecular weight is 275 g/mol. The van der Waals surface area contributed by atoms with Gasteiger partial charge in [-0.2, -0.15) is 0 Å². The summed E-state index contributed by atoms with van der Waals surface area (Å²) in [4.78, 5) is 8.43. The van der Waals surface area contributed by atoms with Gasteiger partial charge in [-0.05, 0) is 27.2 Å². The molecule has 2 rings (SSSR count). The SMILES string of the molecule is CCCNc1cc(NC(C)c2c(C)noc2C)ncn1. The summed E-state index contributed by atoms with van der Waals surface area (Å²) in [5, 5.41) is 10.6. The van der Waals surface area contributed by atoms with Crippen LogP contribution in [-0.2, 0) is 0 Å². The molecule has 0 spiro atoms. The van der Waals surface area contributed by atoms with Gasteiger partial charge in [0.2, 0.25) is 0 Å². The number of aryl methyl sites for hydroxylation is 2. The van der Waals surface area contributed by atoms with Gasteiger partial charge >= 0.3 is 0 Å². The van der Waals surface area contributed by atoms with Crippen LogP contribution >= 0.6 is 0 Å². The summed E-state index contributed by atoms with van der Waals surface area (Å²) in [6.07, 6.45) is 2.61. The topological polar surface area (TPSA) is 75.9 Å². The zero-order chi connectivity index (χ0) is 14.5. The van der Waals surface area contributed by atoms with E-state index in [4.69, 9.17) is 4.52 Å². The molecule has 1 atom stereocenters. The van der Waals surface area contributed by atoms with Crippen molar-refractivity contribution < 1.29 is 4.52 Å². The monoisotopic (exact) mass is 275 g/mol. The maximum absolute atomic E-state index is 5.20. The molecule has 6 nitrogen and oxygen atoms in total. The highest BCUT2D eigenvalue weighted by Gasteiger charge is 2.16. The average Bonchev–Trinajstić information content (AvgIpc) is 2.76. The van der Waals surface area contributed by atoms with Crippen LogP contribution in [0.1, 0.15) is 43.3 Å². The van der Waals surface area contributed by atoms with Gasteiger partial charge in [0.25, 0.3) is 0 Å². The summed E-state index contributed by atoms with van der Waals surface area (Å²) in [6.45, 7) is 8.94. The maximum atomic E-state index is 5.20. The fourth-order valence-corrected chi connectivity index (χ4v) is 2.19. The van der Waals surface area contributed by atoms with E-state index in [1.807, 2.05) is 19.9 Å². The number of rotatable bonds is 6. The summed E-state index contributed by atoms with van der Waals surface area (Å²) in [5.74, 6) is 2.45. The lowest BCUT2D eigenvalue weighted by Gasteiger charge is -2.14. The molecule has 0 fully saturated rings. The van der Waals surface area contributed by atoms with E-state index in [0.717, 1.165) is 41.6 Å². The molecule has 0 aliphatic carbocycles. The number of aromatic nitrogens is 3. The molecule has 0 aliphatic rings. The number of hydrogen-bond acceptors (Lipinski definition) is 6. The molecular formula is C14H21N5O. The molecule has 20 heavy (non-hydrogen) atoms. The van der Waals surface area contributed by atoms with Crippen LogP contribution in [0.4, 0.5) is 11.6 Å². The highest BCUT2D eigenvalue weighted by molar-refractivity contribution is 5.48. The van der Waals surface area contributed by atoms with Gasteiger partial charge in [-0.1, -0.05) is 12.1 Å². The first-order chi connectivity index (χ1) is 9.61. The third-order valence-corrected chi connectivity index (χ3v) is 3.11. The third kappa shape index (κ3) is 3.26. The zero-order valence-corrected chi connectivity index (χ0v) is 12.4. The van der Waals surface area contributed by atoms with Gasteiger partial charge in [-0.15, -0.1) is 0 Å². The lowest BCUT2D eigenvalue weighted by Crippen LogP contribution is -2.10. The van der Waals surface area contributed by atoms with Gasteiger partial charge in [0.1, 0.15) is 23.7 Å². The molecule has 0 saturated carbocycles. The minimum atomic E-state index is 0.0789. The van der Waals surface area contributed by atoms with Gasteiger partial charge in [-0.25, -0.2) is 9.97 Å². The van der Waals surface area contributed by atoms with Crippen molar-refractivity contribution >= 4 is 11.6 Å². The van der Waals surface area contributed by atoms with E-state index in [9.17, 15) is 0 Å². The molecule has 1 unspecified atom stereocenters. The van der Waals surface area contributed by atoms with Gasteiger partial charge in [0, 0.05) is 18.2 Å². The number of hydrogen-bond donors (Lipinski definition) is 2. The molecular weight excluding hydrogens is 254 g/mol. The summed E-state index contributed by atoms with van der Waals surface area (Å²) in [5.41, 5.74) is 1.98. The lowest BCUT2D eigenvalue weighted by atomic mass is 10.1. The van der Waals surface area contributed by atoms with Crippen LogP contribution in [0.3, 0.4) is 0 Å². The molecule has 2 aromatic heterocycles. The molecule has 0 saturated heterocycles. The minimum absolute atomic E-state index is 0.0789. The summed E-state index contributed by atoms with van der Waals surface area (Å²) >= 11 is 0. The lowest BCUT2D eigenvalue weighted by molar-refractivity contribution is 0.392. The van der Waals surface area contributed by atoms with Crippen molar-refractivity contribution in [3.8, 4) is 0 Å². The van der Waals surface area contributed by atoms with Crippen LogP contribution in [0.25, 0.3) is 0 Å². The highest BCUT2D eigenvalue weighted by Crippen LogP contribution is 2.24. The molecule has 0 aromatic carbocycles. The van der Waals surface area contributed by atoms with E-state index in [-0.39, 0.29) is 6.04 Å². The van der Waals surface area contributed by atoms with E-state index in [0.29, 0.717) is 0 Å². The Hall–Kier alpha value is -2.11. The highest BCUT2D eigenvalue weighted by atomic mass is 16.5. The number of nitrogens with zero attached hydrogens (tertiary/aromatic N) is 3. The molecule has 0 aliphatic heterocycles. The van der Waals surface area contributed by atoms with Crippen LogP contribution in [-0.4, -0.2) is 21.7 Å². The van der Waals surface area contributed by atoms with Crippen molar-refractivity contribution in [3.63, 3.8) is 0 Å². The largest absolute Gasteiger partial charge is 0.370 e. The molecule has 2 heterocycles.